The minimum absolute atomic E-state index is 0.346. The molecule has 0 saturated carbocycles. The highest BCUT2D eigenvalue weighted by atomic mass is 79.9. The fraction of sp³-hybridized carbons (Fsp3) is 0.300. The van der Waals surface area contributed by atoms with E-state index in [9.17, 15) is 4.79 Å². The SMILES string of the molecule is CCC(Br)(C(N)=O)c1ccccc1. The summed E-state index contributed by atoms with van der Waals surface area (Å²) in [6, 6.07) is 9.48. The predicted octanol–water partition coefficient (Wildman–Crippen LogP) is 2.17. The molecule has 1 amide bonds. The van der Waals surface area contributed by atoms with Crippen LogP contribution in [0.1, 0.15) is 18.9 Å². The second-order valence-corrected chi connectivity index (χ2v) is 4.24. The van der Waals surface area contributed by atoms with Gasteiger partial charge in [-0.15, -0.1) is 0 Å². The van der Waals surface area contributed by atoms with Crippen molar-refractivity contribution in [1.29, 1.82) is 0 Å². The van der Waals surface area contributed by atoms with Crippen LogP contribution in [0.25, 0.3) is 0 Å². The lowest BCUT2D eigenvalue weighted by Crippen LogP contribution is -2.34. The molecule has 3 heteroatoms. The molecule has 0 aliphatic carbocycles. The van der Waals surface area contributed by atoms with E-state index in [1.807, 2.05) is 37.3 Å². The van der Waals surface area contributed by atoms with Crippen LogP contribution in [0.15, 0.2) is 30.3 Å². The summed E-state index contributed by atoms with van der Waals surface area (Å²) in [5.74, 6) is -0.346. The molecule has 1 aromatic carbocycles. The fourth-order valence-corrected chi connectivity index (χ4v) is 1.49. The molecule has 1 unspecified atom stereocenters. The van der Waals surface area contributed by atoms with E-state index in [0.29, 0.717) is 6.42 Å². The first-order valence-corrected chi connectivity index (χ1v) is 4.95. The number of hydrogen-bond donors (Lipinski definition) is 1. The first kappa shape index (κ1) is 10.3. The minimum Gasteiger partial charge on any atom is -0.368 e. The number of hydrogen-bond acceptors (Lipinski definition) is 1. The largest absolute Gasteiger partial charge is 0.368 e. The number of carbonyl (C=O) groups is 1. The lowest BCUT2D eigenvalue weighted by Gasteiger charge is -2.22. The molecule has 2 N–H and O–H groups in total. The van der Waals surface area contributed by atoms with Crippen molar-refractivity contribution in [2.24, 2.45) is 5.73 Å². The van der Waals surface area contributed by atoms with Crippen molar-refractivity contribution in [3.05, 3.63) is 35.9 Å². The molecule has 0 radical (unpaired) electrons. The Hall–Kier alpha value is -0.830. The van der Waals surface area contributed by atoms with Crippen LogP contribution < -0.4 is 5.73 Å². The van der Waals surface area contributed by atoms with Gasteiger partial charge in [0, 0.05) is 0 Å². The van der Waals surface area contributed by atoms with Crippen LogP contribution in [0.3, 0.4) is 0 Å². The standard InChI is InChI=1S/C10H12BrNO/c1-2-10(11,9(12)13)8-6-4-3-5-7-8/h3-7H,2H2,1H3,(H2,12,13). The molecule has 0 heterocycles. The van der Waals surface area contributed by atoms with E-state index in [-0.39, 0.29) is 5.91 Å². The third-order valence-corrected chi connectivity index (χ3v) is 3.52. The lowest BCUT2D eigenvalue weighted by molar-refractivity contribution is -0.120. The Balaban J connectivity index is 3.11. The zero-order valence-corrected chi connectivity index (χ0v) is 9.04. The molecule has 0 saturated heterocycles. The van der Waals surface area contributed by atoms with E-state index < -0.39 is 4.32 Å². The summed E-state index contributed by atoms with van der Waals surface area (Å²) in [5, 5.41) is 0. The molecule has 70 valence electrons. The fourth-order valence-electron chi connectivity index (χ4n) is 1.22. The van der Waals surface area contributed by atoms with Gasteiger partial charge in [0.15, 0.2) is 0 Å². The summed E-state index contributed by atoms with van der Waals surface area (Å²) in [6.45, 7) is 1.92. The van der Waals surface area contributed by atoms with Gasteiger partial charge in [-0.2, -0.15) is 0 Å². The quantitative estimate of drug-likeness (QED) is 0.811. The summed E-state index contributed by atoms with van der Waals surface area (Å²) < 4.78 is -0.714. The number of nitrogens with two attached hydrogens (primary N) is 1. The van der Waals surface area contributed by atoms with Crippen LogP contribution in [0.4, 0.5) is 0 Å². The Morgan fingerprint density at radius 3 is 2.38 bits per heavy atom. The highest BCUT2D eigenvalue weighted by molar-refractivity contribution is 9.10. The smallest absolute Gasteiger partial charge is 0.238 e. The molecule has 1 aromatic rings. The number of rotatable bonds is 3. The normalized spacial score (nSPS) is 14.9. The third kappa shape index (κ3) is 1.91. The molecule has 0 aliphatic rings. The lowest BCUT2D eigenvalue weighted by atomic mass is 9.96. The van der Waals surface area contributed by atoms with E-state index in [2.05, 4.69) is 15.9 Å². The highest BCUT2D eigenvalue weighted by Gasteiger charge is 2.33. The zero-order chi connectivity index (χ0) is 9.90. The van der Waals surface area contributed by atoms with Crippen LogP contribution >= 0.6 is 15.9 Å². The minimum atomic E-state index is -0.714. The molecule has 1 atom stereocenters. The van der Waals surface area contributed by atoms with Crippen LogP contribution in [0.5, 0.6) is 0 Å². The van der Waals surface area contributed by atoms with Gasteiger partial charge < -0.3 is 5.73 Å². The van der Waals surface area contributed by atoms with E-state index in [4.69, 9.17) is 5.73 Å². The monoisotopic (exact) mass is 241 g/mol. The summed E-state index contributed by atoms with van der Waals surface area (Å²) in [6.07, 6.45) is 0.645. The van der Waals surface area contributed by atoms with Crippen molar-refractivity contribution in [3.63, 3.8) is 0 Å². The number of halogens is 1. The van der Waals surface area contributed by atoms with Crippen molar-refractivity contribution in [1.82, 2.24) is 0 Å². The van der Waals surface area contributed by atoms with Crippen molar-refractivity contribution in [2.45, 2.75) is 17.7 Å². The van der Waals surface area contributed by atoms with Gasteiger partial charge in [0.2, 0.25) is 5.91 Å². The Kier molecular flexibility index (Phi) is 3.09. The molecule has 0 aliphatic heterocycles. The van der Waals surface area contributed by atoms with Gasteiger partial charge in [-0.25, -0.2) is 0 Å². The van der Waals surface area contributed by atoms with Gasteiger partial charge in [0.25, 0.3) is 0 Å². The van der Waals surface area contributed by atoms with E-state index >= 15 is 0 Å². The Bertz CT molecular complexity index is 299. The van der Waals surface area contributed by atoms with Crippen molar-refractivity contribution in [3.8, 4) is 0 Å². The molecule has 13 heavy (non-hydrogen) atoms. The molecule has 0 spiro atoms. The Morgan fingerprint density at radius 1 is 1.46 bits per heavy atom. The highest BCUT2D eigenvalue weighted by Crippen LogP contribution is 2.34. The summed E-state index contributed by atoms with van der Waals surface area (Å²) >= 11 is 3.38. The van der Waals surface area contributed by atoms with Gasteiger partial charge in [0.05, 0.1) is 0 Å². The van der Waals surface area contributed by atoms with Gasteiger partial charge in [-0.3, -0.25) is 4.79 Å². The van der Waals surface area contributed by atoms with E-state index in [0.717, 1.165) is 5.56 Å². The molecular weight excluding hydrogens is 230 g/mol. The maximum atomic E-state index is 11.2. The maximum Gasteiger partial charge on any atom is 0.238 e. The van der Waals surface area contributed by atoms with Gasteiger partial charge in [0.1, 0.15) is 4.32 Å². The van der Waals surface area contributed by atoms with Crippen LogP contribution in [-0.2, 0) is 9.12 Å². The van der Waals surface area contributed by atoms with Crippen LogP contribution in [0, 0.1) is 0 Å². The summed E-state index contributed by atoms with van der Waals surface area (Å²) in [5.41, 5.74) is 6.24. The third-order valence-electron chi connectivity index (χ3n) is 2.11. The van der Waals surface area contributed by atoms with Crippen LogP contribution in [0.2, 0.25) is 0 Å². The molecule has 0 fully saturated rings. The number of benzene rings is 1. The topological polar surface area (TPSA) is 43.1 Å². The van der Waals surface area contributed by atoms with Gasteiger partial charge in [-0.1, -0.05) is 53.2 Å². The first-order valence-electron chi connectivity index (χ1n) is 4.15. The number of primary amides is 1. The van der Waals surface area contributed by atoms with Gasteiger partial charge in [-0.05, 0) is 12.0 Å². The summed E-state index contributed by atoms with van der Waals surface area (Å²) in [7, 11) is 0. The second-order valence-electron chi connectivity index (χ2n) is 2.88. The van der Waals surface area contributed by atoms with Crippen molar-refractivity contribution in [2.75, 3.05) is 0 Å². The molecular formula is C10H12BrNO. The average molecular weight is 242 g/mol. The Labute approximate surface area is 86.3 Å². The van der Waals surface area contributed by atoms with Crippen molar-refractivity contribution < 1.29 is 4.79 Å². The maximum absolute atomic E-state index is 11.2. The van der Waals surface area contributed by atoms with E-state index in [1.54, 1.807) is 0 Å². The Morgan fingerprint density at radius 2 is 2.00 bits per heavy atom. The molecule has 2 nitrogen and oxygen atoms in total. The van der Waals surface area contributed by atoms with E-state index in [1.165, 1.54) is 0 Å². The van der Waals surface area contributed by atoms with Crippen LogP contribution in [-0.4, -0.2) is 5.91 Å². The average Bonchev–Trinajstić information content (AvgIpc) is 2.17. The molecule has 0 aromatic heterocycles. The summed E-state index contributed by atoms with van der Waals surface area (Å²) in [4.78, 5) is 11.2. The van der Waals surface area contributed by atoms with Gasteiger partial charge >= 0.3 is 0 Å². The molecule has 1 rings (SSSR count). The predicted molar refractivity (Wildman–Crippen MR) is 56.5 cm³/mol. The first-order chi connectivity index (χ1) is 6.11. The zero-order valence-electron chi connectivity index (χ0n) is 7.46. The number of alkyl halides is 1. The number of amides is 1. The second kappa shape index (κ2) is 3.92. The molecule has 0 bridgehead atoms. The van der Waals surface area contributed by atoms with Crippen molar-refractivity contribution >= 4 is 21.8 Å². The number of carbonyl (C=O) groups excluding carboxylic acids is 1.